The smallest absolute Gasteiger partial charge is 0.228 e. The van der Waals surface area contributed by atoms with Gasteiger partial charge in [-0.2, -0.15) is 0 Å². The molecule has 0 aliphatic heterocycles. The normalized spacial score (nSPS) is 11.6. The van der Waals surface area contributed by atoms with Gasteiger partial charge in [-0.1, -0.05) is 25.8 Å². The predicted molar refractivity (Wildman–Crippen MR) is 39.0 cm³/mol. The van der Waals surface area contributed by atoms with Gasteiger partial charge in [0.15, 0.2) is 0 Å². The van der Waals surface area contributed by atoms with Gasteiger partial charge in [0.05, 0.1) is 0 Å². The van der Waals surface area contributed by atoms with Gasteiger partial charge in [-0.05, 0) is 18.9 Å². The Morgan fingerprint density at radius 1 is 1.67 bits per heavy atom. The number of unbranched alkanes of at least 4 members (excludes halogenated alkanes) is 2. The van der Waals surface area contributed by atoms with Crippen LogP contribution in [0.4, 0.5) is 0 Å². The monoisotopic (exact) mass is 125 g/mol. The molecule has 0 unspecified atom stereocenters. The van der Waals surface area contributed by atoms with Crippen LogP contribution in [-0.2, 0) is 4.79 Å². The summed E-state index contributed by atoms with van der Waals surface area (Å²) in [5.74, 6) is 0. The van der Waals surface area contributed by atoms with E-state index < -0.39 is 0 Å². The van der Waals surface area contributed by atoms with E-state index >= 15 is 0 Å². The maximum Gasteiger partial charge on any atom is 0.228 e. The Labute approximate surface area is 56.8 Å². The molecule has 0 aliphatic carbocycles. The van der Waals surface area contributed by atoms with E-state index in [1.54, 1.807) is 6.92 Å². The van der Waals surface area contributed by atoms with Crippen molar-refractivity contribution in [3.05, 3.63) is 11.6 Å². The van der Waals surface area contributed by atoms with Crippen LogP contribution in [-0.4, -0.2) is 6.29 Å². The van der Waals surface area contributed by atoms with E-state index in [1.807, 2.05) is 12.4 Å². The van der Waals surface area contributed by atoms with E-state index in [4.69, 9.17) is 0 Å². The second-order valence-electron chi connectivity index (χ2n) is 2.13. The first-order valence-corrected chi connectivity index (χ1v) is 3.36. The molecule has 1 radical (unpaired) electrons. The van der Waals surface area contributed by atoms with Gasteiger partial charge in [0.1, 0.15) is 0 Å². The Hall–Kier alpha value is -0.590. The second-order valence-corrected chi connectivity index (χ2v) is 2.13. The lowest BCUT2D eigenvalue weighted by Gasteiger charge is -1.87. The van der Waals surface area contributed by atoms with Crippen LogP contribution in [0, 0.1) is 0 Å². The summed E-state index contributed by atoms with van der Waals surface area (Å²) in [6, 6.07) is 0. The fourth-order valence-electron chi connectivity index (χ4n) is 0.564. The van der Waals surface area contributed by atoms with Crippen LogP contribution in [0.15, 0.2) is 11.6 Å². The highest BCUT2D eigenvalue weighted by Gasteiger charge is 1.83. The maximum absolute atomic E-state index is 9.91. The molecule has 0 heterocycles. The quantitative estimate of drug-likeness (QED) is 0.416. The first kappa shape index (κ1) is 8.41. The van der Waals surface area contributed by atoms with Crippen molar-refractivity contribution < 1.29 is 4.79 Å². The molecule has 1 heteroatoms. The zero-order chi connectivity index (χ0) is 7.11. The molecule has 0 aromatic rings. The van der Waals surface area contributed by atoms with Crippen molar-refractivity contribution in [2.24, 2.45) is 0 Å². The molecule has 0 spiro atoms. The topological polar surface area (TPSA) is 17.1 Å². The maximum atomic E-state index is 9.91. The first-order valence-electron chi connectivity index (χ1n) is 3.36. The van der Waals surface area contributed by atoms with E-state index in [0.717, 1.165) is 12.0 Å². The molecule has 9 heavy (non-hydrogen) atoms. The molecule has 0 bridgehead atoms. The number of hydrogen-bond donors (Lipinski definition) is 0. The van der Waals surface area contributed by atoms with Crippen molar-refractivity contribution in [1.29, 1.82) is 0 Å². The number of rotatable bonds is 4. The number of carbonyl (C=O) groups excluding carboxylic acids is 1. The largest absolute Gasteiger partial charge is 0.285 e. The molecule has 0 N–H and O–H groups in total. The minimum atomic E-state index is 0.725. The zero-order valence-corrected chi connectivity index (χ0v) is 6.11. The van der Waals surface area contributed by atoms with E-state index in [0.29, 0.717) is 0 Å². The van der Waals surface area contributed by atoms with Gasteiger partial charge in [0.25, 0.3) is 0 Å². The lowest BCUT2D eigenvalue weighted by atomic mass is 10.2. The van der Waals surface area contributed by atoms with Crippen molar-refractivity contribution in [3.63, 3.8) is 0 Å². The second kappa shape index (κ2) is 5.54. The van der Waals surface area contributed by atoms with Gasteiger partial charge in [0.2, 0.25) is 6.29 Å². The minimum Gasteiger partial charge on any atom is -0.285 e. The Morgan fingerprint density at radius 3 is 2.78 bits per heavy atom. The van der Waals surface area contributed by atoms with Crippen LogP contribution in [0.25, 0.3) is 0 Å². The molecule has 0 fully saturated rings. The van der Waals surface area contributed by atoms with E-state index in [2.05, 4.69) is 6.92 Å². The highest BCUT2D eigenvalue weighted by molar-refractivity contribution is 5.72. The van der Waals surface area contributed by atoms with Gasteiger partial charge >= 0.3 is 0 Å². The van der Waals surface area contributed by atoms with Gasteiger partial charge < -0.3 is 0 Å². The molecular formula is C8H13O. The lowest BCUT2D eigenvalue weighted by molar-refractivity contribution is 0.561. The fourth-order valence-corrected chi connectivity index (χ4v) is 0.564. The summed E-state index contributed by atoms with van der Waals surface area (Å²) in [6.07, 6.45) is 7.12. The summed E-state index contributed by atoms with van der Waals surface area (Å²) in [4.78, 5) is 9.91. The summed E-state index contributed by atoms with van der Waals surface area (Å²) in [7, 11) is 0. The predicted octanol–water partition coefficient (Wildman–Crippen LogP) is 2.23. The van der Waals surface area contributed by atoms with Crippen molar-refractivity contribution in [3.8, 4) is 0 Å². The molecule has 0 aliphatic rings. The summed E-state index contributed by atoms with van der Waals surface area (Å²) < 4.78 is 0. The van der Waals surface area contributed by atoms with E-state index in [9.17, 15) is 4.79 Å². The van der Waals surface area contributed by atoms with E-state index in [1.165, 1.54) is 12.8 Å². The molecule has 0 saturated heterocycles. The molecule has 0 atom stereocenters. The highest BCUT2D eigenvalue weighted by Crippen LogP contribution is 1.97. The van der Waals surface area contributed by atoms with Crippen molar-refractivity contribution >= 4 is 6.29 Å². The van der Waals surface area contributed by atoms with Crippen LogP contribution in [0.5, 0.6) is 0 Å². The SMILES string of the molecule is CCCC/C=C(/C)[C]=O. The minimum absolute atomic E-state index is 0.725. The molecule has 0 aromatic carbocycles. The van der Waals surface area contributed by atoms with Crippen LogP contribution in [0.1, 0.15) is 33.1 Å². The molecular weight excluding hydrogens is 112 g/mol. The molecule has 51 valence electrons. The molecule has 1 nitrogen and oxygen atoms in total. The van der Waals surface area contributed by atoms with Gasteiger partial charge in [-0.25, -0.2) is 0 Å². The van der Waals surface area contributed by atoms with E-state index in [-0.39, 0.29) is 0 Å². The number of hydrogen-bond acceptors (Lipinski definition) is 1. The molecule has 0 saturated carbocycles. The van der Waals surface area contributed by atoms with Gasteiger partial charge in [-0.15, -0.1) is 0 Å². The fraction of sp³-hybridized carbons (Fsp3) is 0.625. The Kier molecular flexibility index (Phi) is 5.18. The van der Waals surface area contributed by atoms with Crippen molar-refractivity contribution in [2.75, 3.05) is 0 Å². The van der Waals surface area contributed by atoms with Gasteiger partial charge in [0, 0.05) is 0 Å². The Bertz CT molecular complexity index is 103. The summed E-state index contributed by atoms with van der Waals surface area (Å²) in [6.45, 7) is 3.91. The van der Waals surface area contributed by atoms with Crippen LogP contribution in [0.2, 0.25) is 0 Å². The third kappa shape index (κ3) is 5.28. The Morgan fingerprint density at radius 2 is 2.33 bits per heavy atom. The molecule has 0 amide bonds. The standard InChI is InChI=1S/C8H13O/c1-3-4-5-6-8(2)7-9/h6H,3-5H2,1-2H3/b8-6-. The molecule has 0 rings (SSSR count). The summed E-state index contributed by atoms with van der Waals surface area (Å²) >= 11 is 0. The van der Waals surface area contributed by atoms with Crippen LogP contribution >= 0.6 is 0 Å². The third-order valence-corrected chi connectivity index (χ3v) is 1.17. The average Bonchev–Trinajstić information content (AvgIpc) is 1.89. The number of allylic oxidation sites excluding steroid dienone is 2. The average molecular weight is 125 g/mol. The summed E-state index contributed by atoms with van der Waals surface area (Å²) in [5.41, 5.74) is 0.725. The van der Waals surface area contributed by atoms with Crippen LogP contribution < -0.4 is 0 Å². The zero-order valence-electron chi connectivity index (χ0n) is 6.11. The highest BCUT2D eigenvalue weighted by atomic mass is 16.1. The van der Waals surface area contributed by atoms with Gasteiger partial charge in [-0.3, -0.25) is 4.79 Å². The Balaban J connectivity index is 3.31. The molecule has 0 aromatic heterocycles. The first-order chi connectivity index (χ1) is 4.31. The van der Waals surface area contributed by atoms with Crippen LogP contribution in [0.3, 0.4) is 0 Å². The summed E-state index contributed by atoms with van der Waals surface area (Å²) in [5, 5.41) is 0. The van der Waals surface area contributed by atoms with Crippen molar-refractivity contribution in [1.82, 2.24) is 0 Å². The third-order valence-electron chi connectivity index (χ3n) is 1.17. The lowest BCUT2D eigenvalue weighted by Crippen LogP contribution is -1.75. The van der Waals surface area contributed by atoms with Crippen molar-refractivity contribution in [2.45, 2.75) is 33.1 Å².